The number of aromatic nitrogens is 1. The standard InChI is InChI=1S/C17H15NO3/c1-18-14-7-12-11(10-5-3-2-4-6-10)8-15(19)13(12)9-16(14)21-17(18)20/h2-7,9,11,15,19H,8H2,1H3. The number of aryl methyl sites for hydroxylation is 1. The number of oxazole rings is 1. The Labute approximate surface area is 121 Å². The van der Waals surface area contributed by atoms with Crippen LogP contribution in [0, 0.1) is 0 Å². The summed E-state index contributed by atoms with van der Waals surface area (Å²) in [6.07, 6.45) is 0.153. The van der Waals surface area contributed by atoms with Gasteiger partial charge in [0.05, 0.1) is 11.6 Å². The minimum atomic E-state index is -0.514. The molecular weight excluding hydrogens is 266 g/mol. The van der Waals surface area contributed by atoms with Crippen LogP contribution in [0.4, 0.5) is 0 Å². The van der Waals surface area contributed by atoms with Crippen molar-refractivity contribution in [3.63, 3.8) is 0 Å². The van der Waals surface area contributed by atoms with Gasteiger partial charge in [-0.2, -0.15) is 0 Å². The van der Waals surface area contributed by atoms with E-state index in [4.69, 9.17) is 4.42 Å². The van der Waals surface area contributed by atoms with E-state index in [-0.39, 0.29) is 11.7 Å². The molecule has 2 aromatic carbocycles. The van der Waals surface area contributed by atoms with E-state index in [2.05, 4.69) is 12.1 Å². The van der Waals surface area contributed by atoms with Crippen LogP contribution < -0.4 is 5.76 Å². The van der Waals surface area contributed by atoms with E-state index < -0.39 is 6.10 Å². The van der Waals surface area contributed by atoms with Crippen molar-refractivity contribution in [3.05, 3.63) is 69.7 Å². The second kappa shape index (κ2) is 4.33. The number of fused-ring (bicyclic) bond motifs is 2. The Bertz CT molecular complexity index is 876. The van der Waals surface area contributed by atoms with Crippen LogP contribution >= 0.6 is 0 Å². The maximum absolute atomic E-state index is 11.6. The maximum Gasteiger partial charge on any atom is 0.419 e. The molecule has 1 aromatic heterocycles. The van der Waals surface area contributed by atoms with Crippen LogP contribution in [0.2, 0.25) is 0 Å². The molecule has 4 rings (SSSR count). The van der Waals surface area contributed by atoms with Crippen LogP contribution in [-0.4, -0.2) is 9.67 Å². The monoisotopic (exact) mass is 281 g/mol. The van der Waals surface area contributed by atoms with Crippen LogP contribution in [0.15, 0.2) is 51.7 Å². The highest BCUT2D eigenvalue weighted by molar-refractivity contribution is 5.76. The predicted molar refractivity (Wildman–Crippen MR) is 79.3 cm³/mol. The van der Waals surface area contributed by atoms with E-state index in [0.717, 1.165) is 16.6 Å². The fourth-order valence-corrected chi connectivity index (χ4v) is 3.27. The van der Waals surface area contributed by atoms with Crippen molar-refractivity contribution < 1.29 is 9.52 Å². The van der Waals surface area contributed by atoms with Crippen molar-refractivity contribution in [1.29, 1.82) is 0 Å². The van der Waals surface area contributed by atoms with Gasteiger partial charge in [-0.15, -0.1) is 0 Å². The van der Waals surface area contributed by atoms with Gasteiger partial charge in [-0.05, 0) is 35.2 Å². The van der Waals surface area contributed by atoms with Crippen molar-refractivity contribution in [3.8, 4) is 0 Å². The summed E-state index contributed by atoms with van der Waals surface area (Å²) in [4.78, 5) is 11.6. The van der Waals surface area contributed by atoms with E-state index in [9.17, 15) is 9.90 Å². The Morgan fingerprint density at radius 1 is 1.19 bits per heavy atom. The lowest BCUT2D eigenvalue weighted by molar-refractivity contribution is 0.176. The first kappa shape index (κ1) is 12.4. The molecule has 3 aromatic rings. The van der Waals surface area contributed by atoms with Crippen LogP contribution in [0.25, 0.3) is 11.1 Å². The molecule has 1 heterocycles. The summed E-state index contributed by atoms with van der Waals surface area (Å²) in [6, 6.07) is 13.9. The molecule has 0 saturated heterocycles. The second-order valence-corrected chi connectivity index (χ2v) is 5.59. The maximum atomic E-state index is 11.6. The van der Waals surface area contributed by atoms with Gasteiger partial charge in [-0.25, -0.2) is 4.79 Å². The third kappa shape index (κ3) is 1.76. The summed E-state index contributed by atoms with van der Waals surface area (Å²) in [5.74, 6) is -0.218. The molecule has 1 N–H and O–H groups in total. The van der Waals surface area contributed by atoms with Gasteiger partial charge in [-0.3, -0.25) is 4.57 Å². The van der Waals surface area contributed by atoms with Crippen LogP contribution in [-0.2, 0) is 7.05 Å². The first-order valence-electron chi connectivity index (χ1n) is 7.01. The van der Waals surface area contributed by atoms with Gasteiger partial charge in [0.2, 0.25) is 0 Å². The minimum Gasteiger partial charge on any atom is -0.408 e. The molecule has 0 bridgehead atoms. The summed E-state index contributed by atoms with van der Waals surface area (Å²) in [5, 5.41) is 10.3. The molecule has 2 unspecified atom stereocenters. The third-order valence-electron chi connectivity index (χ3n) is 4.39. The van der Waals surface area contributed by atoms with E-state index in [0.29, 0.717) is 12.0 Å². The first-order valence-corrected chi connectivity index (χ1v) is 7.01. The number of aliphatic hydroxyl groups excluding tert-OH is 1. The quantitative estimate of drug-likeness (QED) is 0.746. The lowest BCUT2D eigenvalue weighted by Crippen LogP contribution is -2.08. The minimum absolute atomic E-state index is 0.158. The van der Waals surface area contributed by atoms with E-state index in [1.807, 2.05) is 24.3 Å². The summed E-state index contributed by atoms with van der Waals surface area (Å²) in [7, 11) is 1.70. The Hall–Kier alpha value is -2.33. The summed E-state index contributed by atoms with van der Waals surface area (Å²) < 4.78 is 6.71. The van der Waals surface area contributed by atoms with Crippen molar-refractivity contribution in [2.75, 3.05) is 0 Å². The molecular formula is C17H15NO3. The highest BCUT2D eigenvalue weighted by atomic mass is 16.4. The second-order valence-electron chi connectivity index (χ2n) is 5.59. The average Bonchev–Trinajstić information content (AvgIpc) is 2.97. The Balaban J connectivity index is 1.96. The summed E-state index contributed by atoms with van der Waals surface area (Å²) in [5.41, 5.74) is 4.44. The molecule has 0 aliphatic heterocycles. The third-order valence-corrected chi connectivity index (χ3v) is 4.39. The fraction of sp³-hybridized carbons (Fsp3) is 0.235. The Kier molecular flexibility index (Phi) is 2.56. The SMILES string of the molecule is Cn1c(=O)oc2cc3c(cc21)C(c1ccccc1)CC3O. The Morgan fingerprint density at radius 2 is 1.95 bits per heavy atom. The number of nitrogens with zero attached hydrogens (tertiary/aromatic N) is 1. The smallest absolute Gasteiger partial charge is 0.408 e. The molecule has 1 aliphatic rings. The van der Waals surface area contributed by atoms with Crippen molar-refractivity contribution in [1.82, 2.24) is 4.57 Å². The first-order chi connectivity index (χ1) is 10.1. The van der Waals surface area contributed by atoms with E-state index in [1.165, 1.54) is 10.1 Å². The van der Waals surface area contributed by atoms with Gasteiger partial charge in [0, 0.05) is 13.0 Å². The molecule has 4 nitrogen and oxygen atoms in total. The normalized spacial score (nSPS) is 20.9. The van der Waals surface area contributed by atoms with Crippen LogP contribution in [0.3, 0.4) is 0 Å². The summed E-state index contributed by atoms with van der Waals surface area (Å²) >= 11 is 0. The van der Waals surface area contributed by atoms with Crippen molar-refractivity contribution in [2.45, 2.75) is 18.4 Å². The van der Waals surface area contributed by atoms with Gasteiger partial charge in [0.25, 0.3) is 0 Å². The molecule has 2 atom stereocenters. The van der Waals surface area contributed by atoms with Gasteiger partial charge in [-0.1, -0.05) is 30.3 Å². The van der Waals surface area contributed by atoms with Crippen molar-refractivity contribution >= 4 is 11.1 Å². The zero-order valence-corrected chi connectivity index (χ0v) is 11.6. The summed E-state index contributed by atoms with van der Waals surface area (Å²) in [6.45, 7) is 0. The lowest BCUT2D eigenvalue weighted by atomic mass is 9.93. The largest absolute Gasteiger partial charge is 0.419 e. The Morgan fingerprint density at radius 3 is 2.71 bits per heavy atom. The fourth-order valence-electron chi connectivity index (χ4n) is 3.27. The lowest BCUT2D eigenvalue weighted by Gasteiger charge is -2.11. The van der Waals surface area contributed by atoms with Gasteiger partial charge in [0.1, 0.15) is 0 Å². The predicted octanol–water partition coefficient (Wildman–Crippen LogP) is 2.70. The molecule has 0 saturated carbocycles. The molecule has 0 radical (unpaired) electrons. The van der Waals surface area contributed by atoms with Gasteiger partial charge >= 0.3 is 5.76 Å². The molecule has 0 amide bonds. The van der Waals surface area contributed by atoms with Gasteiger partial charge < -0.3 is 9.52 Å². The number of benzene rings is 2. The van der Waals surface area contributed by atoms with Crippen LogP contribution in [0.5, 0.6) is 0 Å². The number of hydrogen-bond acceptors (Lipinski definition) is 3. The highest BCUT2D eigenvalue weighted by Crippen LogP contribution is 2.45. The molecule has 106 valence electrons. The van der Waals surface area contributed by atoms with E-state index in [1.54, 1.807) is 13.1 Å². The van der Waals surface area contributed by atoms with Gasteiger partial charge in [0.15, 0.2) is 5.58 Å². The molecule has 4 heteroatoms. The molecule has 0 spiro atoms. The zero-order chi connectivity index (χ0) is 14.6. The van der Waals surface area contributed by atoms with Crippen LogP contribution in [0.1, 0.15) is 35.1 Å². The molecule has 1 aliphatic carbocycles. The number of rotatable bonds is 1. The zero-order valence-electron chi connectivity index (χ0n) is 11.6. The van der Waals surface area contributed by atoms with E-state index >= 15 is 0 Å². The average molecular weight is 281 g/mol. The number of aliphatic hydroxyl groups is 1. The molecule has 0 fully saturated rings. The topological polar surface area (TPSA) is 55.4 Å². The highest BCUT2D eigenvalue weighted by Gasteiger charge is 2.32. The number of hydrogen-bond donors (Lipinski definition) is 1. The molecule has 21 heavy (non-hydrogen) atoms. The van der Waals surface area contributed by atoms with Crippen molar-refractivity contribution in [2.24, 2.45) is 7.05 Å².